The van der Waals surface area contributed by atoms with Crippen molar-refractivity contribution in [1.82, 2.24) is 0 Å². The molecule has 0 fully saturated rings. The van der Waals surface area contributed by atoms with Crippen molar-refractivity contribution in [3.8, 4) is 0 Å². The van der Waals surface area contributed by atoms with E-state index in [0.29, 0.717) is 0 Å². The second-order valence-corrected chi connectivity index (χ2v) is 8.18. The molecule has 0 spiro atoms. The average molecular weight is 213 g/mol. The highest BCUT2D eigenvalue weighted by Crippen LogP contribution is 1.77. The van der Waals surface area contributed by atoms with Gasteiger partial charge < -0.3 is 0 Å². The molecule has 0 aromatic heterocycles. The second-order valence-electron chi connectivity index (χ2n) is 0.101. The summed E-state index contributed by atoms with van der Waals surface area (Å²) < 4.78 is 0. The van der Waals surface area contributed by atoms with Gasteiger partial charge in [-0.05, 0) is 0 Å². The van der Waals surface area contributed by atoms with Crippen molar-refractivity contribution < 1.29 is 0 Å². The lowest BCUT2D eigenvalue weighted by atomic mass is 11.0. The Bertz CT molecular complexity index is 7.61. The van der Waals surface area contributed by atoms with Crippen LogP contribution in [0.25, 0.3) is 0 Å². The zero-order chi connectivity index (χ0) is 4.71. The van der Waals surface area contributed by atoms with Crippen LogP contribution in [-0.4, -0.2) is 16.0 Å². The van der Waals surface area contributed by atoms with Crippen LogP contribution in [0.5, 0.6) is 0 Å². The molecule has 0 atom stereocenters. The number of hydrogen-bond acceptors (Lipinski definition) is 0. The highest BCUT2D eigenvalue weighted by atomic mass is 79.9. The van der Waals surface area contributed by atoms with Crippen LogP contribution < -0.4 is 0 Å². The largest absolute Gasteiger partial charge is 0.560 e. The Kier molecular flexibility index (Phi) is 34.0. The van der Waals surface area contributed by atoms with Crippen LogP contribution in [0.2, 0.25) is 0 Å². The van der Waals surface area contributed by atoms with Crippen molar-refractivity contribution >= 4 is 41.8 Å². The number of hydrogen-bond donors (Lipinski definition) is 0. The van der Waals surface area contributed by atoms with E-state index in [1.807, 2.05) is 0 Å². The van der Waals surface area contributed by atoms with Crippen molar-refractivity contribution in [2.45, 2.75) is 6.92 Å². The number of rotatable bonds is 0. The summed E-state index contributed by atoms with van der Waals surface area (Å²) in [4.78, 5) is 0. The Balaban J connectivity index is 0. The van der Waals surface area contributed by atoms with Gasteiger partial charge in [-0.3, -0.25) is 25.8 Å². The molecule has 5 heavy (non-hydrogen) atoms. The van der Waals surface area contributed by atoms with Gasteiger partial charge in [0.2, 0.25) is 0 Å². The highest BCUT2D eigenvalue weighted by Gasteiger charge is 1.62. The molecule has 0 heterocycles. The molecule has 0 aliphatic rings. The SMILES string of the molecule is [Br][Mg][Br].[CH2]C. The van der Waals surface area contributed by atoms with Crippen molar-refractivity contribution in [1.29, 1.82) is 0 Å². The molecule has 0 aliphatic heterocycles. The molecule has 0 aromatic rings. The minimum atomic E-state index is 0.0417. The quantitative estimate of drug-likeness (QED) is 0.541. The van der Waals surface area contributed by atoms with Crippen LogP contribution in [0, 0.1) is 6.92 Å². The Morgan fingerprint density at radius 3 is 1.40 bits per heavy atom. The van der Waals surface area contributed by atoms with Gasteiger partial charge in [0.1, 0.15) is 0 Å². The Labute approximate surface area is 55.2 Å². The van der Waals surface area contributed by atoms with Gasteiger partial charge in [-0.15, -0.1) is 0 Å². The lowest BCUT2D eigenvalue weighted by molar-refractivity contribution is 1.81. The van der Waals surface area contributed by atoms with Crippen LogP contribution in [0.1, 0.15) is 6.92 Å². The molecule has 0 bridgehead atoms. The van der Waals surface area contributed by atoms with Crippen LogP contribution >= 0.6 is 25.8 Å². The first-order chi connectivity index (χ1) is 2.41. The van der Waals surface area contributed by atoms with E-state index in [4.69, 9.17) is 0 Å². The predicted molar refractivity (Wildman–Crippen MR) is 34.6 cm³/mol. The fourth-order valence-electron chi connectivity index (χ4n) is 0. The third kappa shape index (κ3) is 26.7. The summed E-state index contributed by atoms with van der Waals surface area (Å²) in [6, 6.07) is 0. The molecule has 29 valence electrons. The maximum atomic E-state index is 3.25. The van der Waals surface area contributed by atoms with Gasteiger partial charge in [0.15, 0.2) is 0 Å². The molecule has 1 radical (unpaired) electrons. The Morgan fingerprint density at radius 1 is 1.40 bits per heavy atom. The normalized spacial score (nSPS) is 3.20. The minimum Gasteiger partial charge on any atom is -0.280 e. The van der Waals surface area contributed by atoms with Crippen molar-refractivity contribution in [3.05, 3.63) is 6.92 Å². The van der Waals surface area contributed by atoms with Gasteiger partial charge >= 0.3 is 16.0 Å². The third-order valence-corrected chi connectivity index (χ3v) is 0. The topological polar surface area (TPSA) is 0 Å². The molecular formula is C2H5Br2Mg. The molecule has 0 saturated heterocycles. The van der Waals surface area contributed by atoms with E-state index in [9.17, 15) is 0 Å². The molecule has 0 amide bonds. The molecule has 0 aliphatic carbocycles. The Morgan fingerprint density at radius 2 is 1.40 bits per heavy atom. The zero-order valence-corrected chi connectivity index (χ0v) is 7.76. The lowest BCUT2D eigenvalue weighted by Gasteiger charge is -1.33. The van der Waals surface area contributed by atoms with Crippen LogP contribution in [0.4, 0.5) is 0 Å². The van der Waals surface area contributed by atoms with Gasteiger partial charge in [-0.2, -0.15) is 0 Å². The Hall–Kier alpha value is 1.73. The molecule has 0 aromatic carbocycles. The van der Waals surface area contributed by atoms with Gasteiger partial charge in [0, 0.05) is 0 Å². The molecular weight excluding hydrogens is 208 g/mol. The first kappa shape index (κ1) is 9.87. The molecule has 0 saturated carbocycles. The summed E-state index contributed by atoms with van der Waals surface area (Å²) in [6.45, 7) is 5.00. The second kappa shape index (κ2) is 17.2. The van der Waals surface area contributed by atoms with E-state index < -0.39 is 0 Å². The van der Waals surface area contributed by atoms with Gasteiger partial charge in [-0.1, -0.05) is 13.8 Å². The van der Waals surface area contributed by atoms with Crippen molar-refractivity contribution in [3.63, 3.8) is 0 Å². The fourth-order valence-corrected chi connectivity index (χ4v) is 0. The third-order valence-electron chi connectivity index (χ3n) is 0. The van der Waals surface area contributed by atoms with E-state index in [1.165, 1.54) is 0 Å². The lowest BCUT2D eigenvalue weighted by Crippen LogP contribution is -1.31. The maximum absolute atomic E-state index is 3.25. The van der Waals surface area contributed by atoms with E-state index >= 15 is 0 Å². The minimum absolute atomic E-state index is 0.0417. The predicted octanol–water partition coefficient (Wildman–Crippen LogP) is 2.15. The van der Waals surface area contributed by atoms with E-state index in [-0.39, 0.29) is 16.0 Å². The van der Waals surface area contributed by atoms with Crippen LogP contribution in [0.15, 0.2) is 0 Å². The summed E-state index contributed by atoms with van der Waals surface area (Å²) in [5, 5.41) is 0. The molecule has 0 unspecified atom stereocenters. The van der Waals surface area contributed by atoms with Gasteiger partial charge in [0.05, 0.1) is 0 Å². The van der Waals surface area contributed by atoms with Crippen LogP contribution in [-0.2, 0) is 0 Å². The van der Waals surface area contributed by atoms with Crippen LogP contribution in [0.3, 0.4) is 0 Å². The first-order valence-corrected chi connectivity index (χ1v) is 9.04. The number of halogens is 2. The summed E-state index contributed by atoms with van der Waals surface area (Å²) in [5.74, 6) is 0. The van der Waals surface area contributed by atoms with Crippen molar-refractivity contribution in [2.24, 2.45) is 0 Å². The molecule has 0 nitrogen and oxygen atoms in total. The van der Waals surface area contributed by atoms with Crippen molar-refractivity contribution in [2.75, 3.05) is 0 Å². The molecule has 3 heteroatoms. The average Bonchev–Trinajstić information content (AvgIpc) is 1.46. The summed E-state index contributed by atoms with van der Waals surface area (Å²) in [6.07, 6.45) is 0. The highest BCUT2D eigenvalue weighted by molar-refractivity contribution is 9.47. The fraction of sp³-hybridized carbons (Fsp3) is 0.500. The van der Waals surface area contributed by atoms with Gasteiger partial charge in [-0.25, -0.2) is 0 Å². The smallest absolute Gasteiger partial charge is 0.280 e. The monoisotopic (exact) mass is 211 g/mol. The van der Waals surface area contributed by atoms with E-state index in [0.717, 1.165) is 0 Å². The molecule has 0 N–H and O–H groups in total. The maximum Gasteiger partial charge on any atom is 0.560 e. The zero-order valence-electron chi connectivity index (χ0n) is 3.17. The van der Waals surface area contributed by atoms with Gasteiger partial charge in [0.25, 0.3) is 0 Å². The first-order valence-electron chi connectivity index (χ1n) is 1.24. The standard InChI is InChI=1S/C2H5.2BrH.Mg/c1-2;;;/h1H2,2H3;2*1H;/q;;;+2/p-2. The summed E-state index contributed by atoms with van der Waals surface area (Å²) in [5.41, 5.74) is 0. The summed E-state index contributed by atoms with van der Waals surface area (Å²) >= 11 is 6.44. The summed E-state index contributed by atoms with van der Waals surface area (Å²) in [7, 11) is 0. The van der Waals surface area contributed by atoms with E-state index in [2.05, 4.69) is 32.7 Å². The molecule has 0 rings (SSSR count). The van der Waals surface area contributed by atoms with E-state index in [1.54, 1.807) is 6.92 Å².